The Labute approximate surface area is 79.9 Å². The molecule has 0 spiro atoms. The van der Waals surface area contributed by atoms with E-state index in [4.69, 9.17) is 0 Å². The number of ketones is 1. The van der Waals surface area contributed by atoms with E-state index in [0.29, 0.717) is 11.3 Å². The van der Waals surface area contributed by atoms with Crippen molar-refractivity contribution >= 4 is 5.78 Å². The number of rotatable bonds is 2. The van der Waals surface area contributed by atoms with Crippen molar-refractivity contribution in [1.29, 1.82) is 0 Å². The zero-order valence-electron chi connectivity index (χ0n) is 7.16. The SMILES string of the molecule is O=C(c1ccnnc1)c1cnccn1. The Balaban J connectivity index is 2.35. The number of nitrogens with zero attached hydrogens (tertiary/aromatic N) is 4. The normalized spacial score (nSPS) is 9.71. The molecule has 2 heterocycles. The first-order valence-corrected chi connectivity index (χ1v) is 3.95. The molecular weight excluding hydrogens is 180 g/mol. The van der Waals surface area contributed by atoms with Gasteiger partial charge in [-0.25, -0.2) is 4.98 Å². The predicted molar refractivity (Wildman–Crippen MR) is 47.5 cm³/mol. The number of aromatic nitrogens is 4. The van der Waals surface area contributed by atoms with Crippen LogP contribution in [0.5, 0.6) is 0 Å². The Morgan fingerprint density at radius 1 is 1.07 bits per heavy atom. The van der Waals surface area contributed by atoms with Gasteiger partial charge in [-0.05, 0) is 6.07 Å². The highest BCUT2D eigenvalue weighted by Crippen LogP contribution is 2.02. The summed E-state index contributed by atoms with van der Waals surface area (Å²) in [5, 5.41) is 7.20. The van der Waals surface area contributed by atoms with Gasteiger partial charge in [-0.2, -0.15) is 10.2 Å². The molecule has 68 valence electrons. The minimum absolute atomic E-state index is 0.201. The third-order valence-electron chi connectivity index (χ3n) is 1.64. The van der Waals surface area contributed by atoms with Gasteiger partial charge in [0.2, 0.25) is 5.78 Å². The molecule has 0 bridgehead atoms. The van der Waals surface area contributed by atoms with E-state index in [2.05, 4.69) is 20.2 Å². The van der Waals surface area contributed by atoms with E-state index in [9.17, 15) is 4.79 Å². The van der Waals surface area contributed by atoms with Gasteiger partial charge in [-0.1, -0.05) is 0 Å². The van der Waals surface area contributed by atoms with Crippen molar-refractivity contribution < 1.29 is 4.79 Å². The van der Waals surface area contributed by atoms with Crippen LogP contribution >= 0.6 is 0 Å². The third kappa shape index (κ3) is 1.61. The Hall–Kier alpha value is -2.17. The van der Waals surface area contributed by atoms with Gasteiger partial charge in [-0.15, -0.1) is 0 Å². The molecule has 0 unspecified atom stereocenters. The lowest BCUT2D eigenvalue weighted by atomic mass is 10.1. The average molecular weight is 186 g/mol. The lowest BCUT2D eigenvalue weighted by molar-refractivity contribution is 0.103. The van der Waals surface area contributed by atoms with E-state index >= 15 is 0 Å². The van der Waals surface area contributed by atoms with Crippen molar-refractivity contribution in [2.24, 2.45) is 0 Å². The molecule has 0 aromatic carbocycles. The van der Waals surface area contributed by atoms with Crippen molar-refractivity contribution in [3.63, 3.8) is 0 Å². The van der Waals surface area contributed by atoms with Crippen molar-refractivity contribution in [2.75, 3.05) is 0 Å². The Kier molecular flexibility index (Phi) is 2.22. The molecule has 14 heavy (non-hydrogen) atoms. The van der Waals surface area contributed by atoms with E-state index in [1.54, 1.807) is 6.07 Å². The molecule has 0 aliphatic carbocycles. The summed E-state index contributed by atoms with van der Waals surface area (Å²) >= 11 is 0. The minimum Gasteiger partial charge on any atom is -0.287 e. The number of hydrogen-bond donors (Lipinski definition) is 0. The van der Waals surface area contributed by atoms with Gasteiger partial charge in [0.05, 0.1) is 18.6 Å². The highest BCUT2D eigenvalue weighted by Gasteiger charge is 2.09. The lowest BCUT2D eigenvalue weighted by Gasteiger charge is -1.96. The van der Waals surface area contributed by atoms with Crippen LogP contribution in [0.1, 0.15) is 16.1 Å². The second-order valence-corrected chi connectivity index (χ2v) is 2.55. The van der Waals surface area contributed by atoms with E-state index in [-0.39, 0.29) is 5.78 Å². The largest absolute Gasteiger partial charge is 0.287 e. The molecule has 0 aliphatic heterocycles. The smallest absolute Gasteiger partial charge is 0.214 e. The maximum atomic E-state index is 11.7. The van der Waals surface area contributed by atoms with Crippen LogP contribution in [0.25, 0.3) is 0 Å². The predicted octanol–water partition coefficient (Wildman–Crippen LogP) is 0.498. The first-order chi connectivity index (χ1) is 6.88. The summed E-state index contributed by atoms with van der Waals surface area (Å²) < 4.78 is 0. The van der Waals surface area contributed by atoms with E-state index < -0.39 is 0 Å². The van der Waals surface area contributed by atoms with Gasteiger partial charge in [0.1, 0.15) is 5.69 Å². The highest BCUT2D eigenvalue weighted by molar-refractivity contribution is 6.07. The van der Waals surface area contributed by atoms with Crippen LogP contribution < -0.4 is 0 Å². The molecule has 2 rings (SSSR count). The van der Waals surface area contributed by atoms with Crippen molar-refractivity contribution in [3.05, 3.63) is 48.3 Å². The van der Waals surface area contributed by atoms with Crippen LogP contribution in [-0.2, 0) is 0 Å². The fourth-order valence-electron chi connectivity index (χ4n) is 0.989. The van der Waals surface area contributed by atoms with Crippen molar-refractivity contribution in [3.8, 4) is 0 Å². The number of carbonyl (C=O) groups is 1. The fraction of sp³-hybridized carbons (Fsp3) is 0. The van der Waals surface area contributed by atoms with Gasteiger partial charge in [0.25, 0.3) is 0 Å². The molecule has 0 saturated carbocycles. The quantitative estimate of drug-likeness (QED) is 0.638. The summed E-state index contributed by atoms with van der Waals surface area (Å²) in [5.74, 6) is -0.201. The summed E-state index contributed by atoms with van der Waals surface area (Å²) in [4.78, 5) is 19.4. The molecule has 0 radical (unpaired) electrons. The molecule has 5 heteroatoms. The molecular formula is C9H6N4O. The molecule has 2 aromatic heterocycles. The molecule has 0 N–H and O–H groups in total. The third-order valence-corrected chi connectivity index (χ3v) is 1.64. The van der Waals surface area contributed by atoms with Crippen LogP contribution in [0.2, 0.25) is 0 Å². The molecule has 0 amide bonds. The van der Waals surface area contributed by atoms with E-state index in [1.165, 1.54) is 31.0 Å². The molecule has 0 atom stereocenters. The maximum Gasteiger partial charge on any atom is 0.214 e. The highest BCUT2D eigenvalue weighted by atomic mass is 16.1. The first kappa shape index (κ1) is 8.43. The van der Waals surface area contributed by atoms with Gasteiger partial charge < -0.3 is 0 Å². The Bertz CT molecular complexity index is 388. The standard InChI is InChI=1S/C9H6N4O/c14-9(7-1-2-12-13-5-7)8-6-10-3-4-11-8/h1-6H. The Morgan fingerprint density at radius 2 is 2.00 bits per heavy atom. The summed E-state index contributed by atoms with van der Waals surface area (Å²) in [6, 6.07) is 1.59. The van der Waals surface area contributed by atoms with Crippen molar-refractivity contribution in [1.82, 2.24) is 20.2 Å². The van der Waals surface area contributed by atoms with E-state index in [0.717, 1.165) is 0 Å². The molecule has 0 saturated heterocycles. The zero-order valence-corrected chi connectivity index (χ0v) is 7.16. The number of carbonyl (C=O) groups excluding carboxylic acids is 1. The van der Waals surface area contributed by atoms with Crippen LogP contribution in [-0.4, -0.2) is 25.9 Å². The summed E-state index contributed by atoms with van der Waals surface area (Å²) in [6.45, 7) is 0. The lowest BCUT2D eigenvalue weighted by Crippen LogP contribution is -2.04. The maximum absolute atomic E-state index is 11.7. The van der Waals surface area contributed by atoms with Crippen LogP contribution in [0.15, 0.2) is 37.1 Å². The summed E-state index contributed by atoms with van der Waals surface area (Å²) in [6.07, 6.45) is 7.27. The van der Waals surface area contributed by atoms with Gasteiger partial charge in [0, 0.05) is 18.0 Å². The molecule has 2 aromatic rings. The van der Waals surface area contributed by atoms with Crippen LogP contribution in [0.3, 0.4) is 0 Å². The molecule has 0 aliphatic rings. The van der Waals surface area contributed by atoms with Crippen molar-refractivity contribution in [2.45, 2.75) is 0 Å². The average Bonchev–Trinajstić information content (AvgIpc) is 2.30. The van der Waals surface area contributed by atoms with Crippen LogP contribution in [0, 0.1) is 0 Å². The summed E-state index contributed by atoms with van der Waals surface area (Å²) in [7, 11) is 0. The fourth-order valence-corrected chi connectivity index (χ4v) is 0.989. The summed E-state index contributed by atoms with van der Waals surface area (Å²) in [5.41, 5.74) is 0.765. The van der Waals surface area contributed by atoms with Crippen LogP contribution in [0.4, 0.5) is 0 Å². The number of hydrogen-bond acceptors (Lipinski definition) is 5. The molecule has 0 fully saturated rings. The Morgan fingerprint density at radius 3 is 2.64 bits per heavy atom. The van der Waals surface area contributed by atoms with Gasteiger partial charge in [-0.3, -0.25) is 9.78 Å². The minimum atomic E-state index is -0.201. The zero-order chi connectivity index (χ0) is 9.80. The molecule has 5 nitrogen and oxygen atoms in total. The van der Waals surface area contributed by atoms with E-state index in [1.807, 2.05) is 0 Å². The van der Waals surface area contributed by atoms with Gasteiger partial charge >= 0.3 is 0 Å². The van der Waals surface area contributed by atoms with Gasteiger partial charge in [0.15, 0.2) is 0 Å². The topological polar surface area (TPSA) is 68.6 Å². The first-order valence-electron chi connectivity index (χ1n) is 3.95. The monoisotopic (exact) mass is 186 g/mol. The second kappa shape index (κ2) is 3.69. The second-order valence-electron chi connectivity index (χ2n) is 2.55.